The van der Waals surface area contributed by atoms with Crippen molar-refractivity contribution in [1.29, 1.82) is 0 Å². The summed E-state index contributed by atoms with van der Waals surface area (Å²) in [5.74, 6) is 0. The first-order valence-electron chi connectivity index (χ1n) is 6.48. The molecule has 0 saturated carbocycles. The molecule has 112 valence electrons. The molecule has 2 rings (SSSR count). The molecule has 1 saturated heterocycles. The zero-order valence-electron chi connectivity index (χ0n) is 11.3. The van der Waals surface area contributed by atoms with Crippen molar-refractivity contribution in [3.05, 3.63) is 33.8 Å². The third-order valence-corrected chi connectivity index (χ3v) is 4.88. The Labute approximate surface area is 130 Å². The zero-order valence-corrected chi connectivity index (χ0v) is 13.6. The second-order valence-corrected chi connectivity index (χ2v) is 7.74. The minimum atomic E-state index is -3.12. The molecule has 1 aliphatic heterocycles. The van der Waals surface area contributed by atoms with Crippen molar-refractivity contribution < 1.29 is 8.42 Å². The molecule has 0 radical (unpaired) electrons. The summed E-state index contributed by atoms with van der Waals surface area (Å²) < 4.78 is 25.1. The van der Waals surface area contributed by atoms with Crippen LogP contribution in [-0.2, 0) is 16.6 Å². The van der Waals surface area contributed by atoms with E-state index in [1.165, 1.54) is 6.26 Å². The van der Waals surface area contributed by atoms with Crippen LogP contribution in [0.25, 0.3) is 0 Å². The van der Waals surface area contributed by atoms with Crippen LogP contribution in [0.3, 0.4) is 0 Å². The average Bonchev–Trinajstić information content (AvgIpc) is 2.34. The molecule has 0 bridgehead atoms. The van der Waals surface area contributed by atoms with Crippen molar-refractivity contribution in [2.24, 2.45) is 0 Å². The first-order valence-corrected chi connectivity index (χ1v) is 9.12. The SMILES string of the molecule is CS(=O)(=O)NC1CCN(Cc2c(Cl)cccc2Cl)CC1. The normalized spacial score (nSPS) is 18.4. The van der Waals surface area contributed by atoms with E-state index in [0.29, 0.717) is 16.6 Å². The summed E-state index contributed by atoms with van der Waals surface area (Å²) >= 11 is 12.3. The van der Waals surface area contributed by atoms with E-state index in [2.05, 4.69) is 9.62 Å². The molecule has 0 aromatic heterocycles. The fourth-order valence-corrected chi connectivity index (χ4v) is 3.78. The van der Waals surface area contributed by atoms with Crippen LogP contribution < -0.4 is 4.72 Å². The van der Waals surface area contributed by atoms with Crippen molar-refractivity contribution in [2.75, 3.05) is 19.3 Å². The minimum Gasteiger partial charge on any atom is -0.299 e. The van der Waals surface area contributed by atoms with Gasteiger partial charge in [0.1, 0.15) is 0 Å². The summed E-state index contributed by atoms with van der Waals surface area (Å²) in [4.78, 5) is 2.24. The standard InChI is InChI=1S/C13H18Cl2N2O2S/c1-20(18,19)16-10-5-7-17(8-6-10)9-11-12(14)3-2-4-13(11)15/h2-4,10,16H,5-9H2,1H3. The van der Waals surface area contributed by atoms with Gasteiger partial charge in [0.25, 0.3) is 0 Å². The highest BCUT2D eigenvalue weighted by molar-refractivity contribution is 7.88. The number of halogens is 2. The smallest absolute Gasteiger partial charge is 0.208 e. The quantitative estimate of drug-likeness (QED) is 0.918. The van der Waals surface area contributed by atoms with Crippen molar-refractivity contribution in [3.8, 4) is 0 Å². The highest BCUT2D eigenvalue weighted by Crippen LogP contribution is 2.26. The molecule has 1 heterocycles. The van der Waals surface area contributed by atoms with Gasteiger partial charge in [0.05, 0.1) is 6.26 Å². The number of likely N-dealkylation sites (tertiary alicyclic amines) is 1. The third kappa shape index (κ3) is 4.60. The highest BCUT2D eigenvalue weighted by atomic mass is 35.5. The number of benzene rings is 1. The number of hydrogen-bond donors (Lipinski definition) is 1. The largest absolute Gasteiger partial charge is 0.299 e. The molecule has 1 aromatic rings. The highest BCUT2D eigenvalue weighted by Gasteiger charge is 2.22. The topological polar surface area (TPSA) is 49.4 Å². The van der Waals surface area contributed by atoms with Gasteiger partial charge in [0.15, 0.2) is 0 Å². The molecule has 0 unspecified atom stereocenters. The molecular formula is C13H18Cl2N2O2S. The summed E-state index contributed by atoms with van der Waals surface area (Å²) in [5.41, 5.74) is 0.936. The molecule has 4 nitrogen and oxygen atoms in total. The van der Waals surface area contributed by atoms with Gasteiger partial charge in [-0.05, 0) is 25.0 Å². The monoisotopic (exact) mass is 336 g/mol. The van der Waals surface area contributed by atoms with Crippen molar-refractivity contribution >= 4 is 33.2 Å². The van der Waals surface area contributed by atoms with Crippen LogP contribution in [0, 0.1) is 0 Å². The van der Waals surface area contributed by atoms with Crippen LogP contribution in [0.1, 0.15) is 18.4 Å². The lowest BCUT2D eigenvalue weighted by Gasteiger charge is -2.32. The maximum Gasteiger partial charge on any atom is 0.208 e. The van der Waals surface area contributed by atoms with Crippen LogP contribution >= 0.6 is 23.2 Å². The second kappa shape index (κ2) is 6.62. The summed E-state index contributed by atoms with van der Waals surface area (Å²) in [6, 6.07) is 5.53. The number of nitrogens with one attached hydrogen (secondary N) is 1. The van der Waals surface area contributed by atoms with Crippen LogP contribution in [0.5, 0.6) is 0 Å². The third-order valence-electron chi connectivity index (χ3n) is 3.41. The molecular weight excluding hydrogens is 319 g/mol. The first-order chi connectivity index (χ1) is 9.35. The predicted molar refractivity (Wildman–Crippen MR) is 82.7 cm³/mol. The van der Waals surface area contributed by atoms with E-state index in [1.807, 2.05) is 18.2 Å². The molecule has 0 spiro atoms. The van der Waals surface area contributed by atoms with E-state index in [1.54, 1.807) is 0 Å². The van der Waals surface area contributed by atoms with Crippen LogP contribution in [0.4, 0.5) is 0 Å². The van der Waals surface area contributed by atoms with Crippen molar-refractivity contribution in [2.45, 2.75) is 25.4 Å². The number of nitrogens with zero attached hydrogens (tertiary/aromatic N) is 1. The van der Waals surface area contributed by atoms with Gasteiger partial charge in [-0.1, -0.05) is 29.3 Å². The fourth-order valence-electron chi connectivity index (χ4n) is 2.42. The van der Waals surface area contributed by atoms with Gasteiger partial charge >= 0.3 is 0 Å². The number of hydrogen-bond acceptors (Lipinski definition) is 3. The number of rotatable bonds is 4. The number of sulfonamides is 1. The Bertz CT molecular complexity index is 549. The lowest BCUT2D eigenvalue weighted by atomic mass is 10.1. The van der Waals surface area contributed by atoms with Crippen LogP contribution in [-0.4, -0.2) is 38.7 Å². The fraction of sp³-hybridized carbons (Fsp3) is 0.538. The molecule has 1 fully saturated rings. The van der Waals surface area contributed by atoms with Crippen LogP contribution in [0.15, 0.2) is 18.2 Å². The van der Waals surface area contributed by atoms with E-state index in [9.17, 15) is 8.42 Å². The van der Waals surface area contributed by atoms with Gasteiger partial charge in [-0.3, -0.25) is 4.90 Å². The molecule has 0 atom stereocenters. The summed E-state index contributed by atoms with van der Waals surface area (Å²) in [7, 11) is -3.12. The maximum absolute atomic E-state index is 11.2. The Kier molecular flexibility index (Phi) is 5.31. The predicted octanol–water partition coefficient (Wildman–Crippen LogP) is 2.51. The number of piperidine rings is 1. The minimum absolute atomic E-state index is 0.0305. The van der Waals surface area contributed by atoms with Gasteiger partial charge in [-0.2, -0.15) is 0 Å². The van der Waals surface area contributed by atoms with Gasteiger partial charge in [-0.25, -0.2) is 13.1 Å². The Hall–Kier alpha value is -0.330. The van der Waals surface area contributed by atoms with Crippen molar-refractivity contribution in [1.82, 2.24) is 9.62 Å². The summed E-state index contributed by atoms with van der Waals surface area (Å²) in [6.07, 6.45) is 2.80. The second-order valence-electron chi connectivity index (χ2n) is 5.14. The Morgan fingerprint density at radius 2 is 1.80 bits per heavy atom. The Morgan fingerprint density at radius 1 is 1.25 bits per heavy atom. The first kappa shape index (κ1) is 16.0. The maximum atomic E-state index is 11.2. The molecule has 1 aliphatic rings. The van der Waals surface area contributed by atoms with Gasteiger partial charge < -0.3 is 0 Å². The lowest BCUT2D eigenvalue weighted by molar-refractivity contribution is 0.200. The van der Waals surface area contributed by atoms with E-state index >= 15 is 0 Å². The van der Waals surface area contributed by atoms with Crippen molar-refractivity contribution in [3.63, 3.8) is 0 Å². The lowest BCUT2D eigenvalue weighted by Crippen LogP contribution is -2.44. The molecule has 0 aliphatic carbocycles. The van der Waals surface area contributed by atoms with E-state index in [0.717, 1.165) is 31.5 Å². The Balaban J connectivity index is 1.92. The van der Waals surface area contributed by atoms with Gasteiger partial charge in [-0.15, -0.1) is 0 Å². The van der Waals surface area contributed by atoms with Gasteiger partial charge in [0, 0.05) is 41.3 Å². The summed E-state index contributed by atoms with van der Waals surface area (Å²) in [5, 5.41) is 1.35. The van der Waals surface area contributed by atoms with E-state index < -0.39 is 10.0 Å². The van der Waals surface area contributed by atoms with Crippen LogP contribution in [0.2, 0.25) is 10.0 Å². The molecule has 1 aromatic carbocycles. The Morgan fingerprint density at radius 3 is 2.30 bits per heavy atom. The molecule has 7 heteroatoms. The molecule has 0 amide bonds. The zero-order chi connectivity index (χ0) is 14.8. The average molecular weight is 337 g/mol. The van der Waals surface area contributed by atoms with E-state index in [4.69, 9.17) is 23.2 Å². The summed E-state index contributed by atoms with van der Waals surface area (Å²) in [6.45, 7) is 2.35. The molecule has 20 heavy (non-hydrogen) atoms. The van der Waals surface area contributed by atoms with E-state index in [-0.39, 0.29) is 6.04 Å². The molecule has 1 N–H and O–H groups in total. The van der Waals surface area contributed by atoms with Gasteiger partial charge in [0.2, 0.25) is 10.0 Å².